The second kappa shape index (κ2) is 8.62. The van der Waals surface area contributed by atoms with E-state index < -0.39 is 17.7 Å². The largest absolute Gasteiger partial charge is 0.507 e. The zero-order chi connectivity index (χ0) is 26.7. The van der Waals surface area contributed by atoms with Gasteiger partial charge < -0.3 is 20.0 Å². The lowest BCUT2D eigenvalue weighted by molar-refractivity contribution is -0.132. The minimum absolute atomic E-state index is 0.0187. The Kier molecular flexibility index (Phi) is 5.34. The first-order chi connectivity index (χ1) is 18.2. The summed E-state index contributed by atoms with van der Waals surface area (Å²) in [7, 11) is 3.88. The molecule has 0 radical (unpaired) electrons. The van der Waals surface area contributed by atoms with Crippen molar-refractivity contribution in [2.45, 2.75) is 19.9 Å². The zero-order valence-electron chi connectivity index (χ0n) is 21.5. The van der Waals surface area contributed by atoms with E-state index in [0.29, 0.717) is 16.6 Å². The first-order valence-electron chi connectivity index (χ1n) is 12.4. The second-order valence-corrected chi connectivity index (χ2v) is 9.92. The number of nitrogens with one attached hydrogen (secondary N) is 2. The van der Waals surface area contributed by atoms with Gasteiger partial charge in [0.15, 0.2) is 0 Å². The number of carbonyl (C=O) groups is 2. The van der Waals surface area contributed by atoms with Crippen molar-refractivity contribution < 1.29 is 14.7 Å². The highest BCUT2D eigenvalue weighted by molar-refractivity contribution is 6.51. The molecule has 1 atom stereocenters. The number of aromatic nitrogens is 3. The number of fused-ring (bicyclic) bond motifs is 2. The molecule has 1 fully saturated rings. The van der Waals surface area contributed by atoms with Gasteiger partial charge in [-0.15, -0.1) is 0 Å². The quantitative estimate of drug-likeness (QED) is 0.173. The molecule has 1 amide bonds. The number of amides is 1. The molecule has 5 aromatic rings. The molecule has 1 saturated heterocycles. The SMILES string of the molecule is Cc1cc2nc(N3C(=O)C(=O)/C(=C(/O)c4c[nH]c5ccccc45)C3c3ccc(N(C)C)cc3)[nH]c2cc1C. The van der Waals surface area contributed by atoms with E-state index in [0.717, 1.165) is 33.2 Å². The highest BCUT2D eigenvalue weighted by Gasteiger charge is 2.48. The summed E-state index contributed by atoms with van der Waals surface area (Å²) < 4.78 is 0. The average Bonchev–Trinajstić information content (AvgIpc) is 3.58. The fraction of sp³-hybridized carbons (Fsp3) is 0.167. The number of para-hydroxylation sites is 1. The number of imidazole rings is 1. The molecular weight excluding hydrogens is 478 g/mol. The molecule has 1 aliphatic heterocycles. The van der Waals surface area contributed by atoms with Crippen LogP contribution in [0, 0.1) is 13.8 Å². The van der Waals surface area contributed by atoms with Crippen molar-refractivity contribution in [2.24, 2.45) is 0 Å². The Labute approximate surface area is 219 Å². The standard InChI is InChI=1S/C30H27N5O3/c1-16-13-23-24(14-17(16)2)33-30(32-23)35-26(18-9-11-19(12-10-18)34(3)4)25(28(37)29(35)38)27(36)21-15-31-22-8-6-5-7-20(21)22/h5-15,26,31,36H,1-4H3,(H,32,33)/b27-25+. The van der Waals surface area contributed by atoms with Gasteiger partial charge in [-0.1, -0.05) is 30.3 Å². The fourth-order valence-corrected chi connectivity index (χ4v) is 5.10. The number of hydrogen-bond acceptors (Lipinski definition) is 5. The molecule has 1 aliphatic rings. The molecule has 6 rings (SSSR count). The van der Waals surface area contributed by atoms with Gasteiger partial charge >= 0.3 is 5.91 Å². The van der Waals surface area contributed by atoms with E-state index in [1.807, 2.05) is 93.5 Å². The van der Waals surface area contributed by atoms with Crippen molar-refractivity contribution >= 4 is 51.0 Å². The Morgan fingerprint density at radius 3 is 2.42 bits per heavy atom. The van der Waals surface area contributed by atoms with Crippen LogP contribution in [0.1, 0.15) is 28.3 Å². The molecule has 0 aliphatic carbocycles. The van der Waals surface area contributed by atoms with Gasteiger partial charge in [0.1, 0.15) is 5.76 Å². The van der Waals surface area contributed by atoms with Crippen molar-refractivity contribution in [3.8, 4) is 0 Å². The number of rotatable bonds is 4. The Morgan fingerprint density at radius 2 is 1.68 bits per heavy atom. The first kappa shape index (κ1) is 23.5. The summed E-state index contributed by atoms with van der Waals surface area (Å²) in [4.78, 5) is 41.5. The molecule has 190 valence electrons. The number of ketones is 1. The van der Waals surface area contributed by atoms with Crippen LogP contribution >= 0.6 is 0 Å². The zero-order valence-corrected chi connectivity index (χ0v) is 21.5. The molecule has 0 spiro atoms. The van der Waals surface area contributed by atoms with Crippen molar-refractivity contribution in [3.63, 3.8) is 0 Å². The number of aliphatic hydroxyl groups excluding tert-OH is 1. The summed E-state index contributed by atoms with van der Waals surface area (Å²) in [5.74, 6) is -1.48. The van der Waals surface area contributed by atoms with Crippen LogP contribution in [-0.4, -0.2) is 45.8 Å². The summed E-state index contributed by atoms with van der Waals surface area (Å²) >= 11 is 0. The number of aromatic amines is 2. The van der Waals surface area contributed by atoms with Crippen LogP contribution in [0.25, 0.3) is 27.7 Å². The Bertz CT molecular complexity index is 1740. The molecular formula is C30H27N5O3. The number of anilines is 2. The van der Waals surface area contributed by atoms with Crippen LogP contribution in [0.4, 0.5) is 11.6 Å². The molecule has 0 saturated carbocycles. The van der Waals surface area contributed by atoms with E-state index in [4.69, 9.17) is 0 Å². The van der Waals surface area contributed by atoms with Gasteiger partial charge in [-0.3, -0.25) is 14.5 Å². The maximum Gasteiger partial charge on any atom is 0.302 e. The number of aliphatic hydroxyl groups is 1. The van der Waals surface area contributed by atoms with Crippen LogP contribution < -0.4 is 9.80 Å². The summed E-state index contributed by atoms with van der Waals surface area (Å²) in [6.45, 7) is 4.01. The van der Waals surface area contributed by atoms with Crippen molar-refractivity contribution in [1.29, 1.82) is 0 Å². The molecule has 2 aromatic heterocycles. The van der Waals surface area contributed by atoms with E-state index in [9.17, 15) is 14.7 Å². The van der Waals surface area contributed by atoms with Crippen LogP contribution in [0.15, 0.2) is 72.4 Å². The van der Waals surface area contributed by atoms with Gasteiger partial charge in [-0.25, -0.2) is 4.98 Å². The molecule has 3 heterocycles. The predicted molar refractivity (Wildman–Crippen MR) is 149 cm³/mol. The van der Waals surface area contributed by atoms with Crippen LogP contribution in [-0.2, 0) is 9.59 Å². The lowest BCUT2D eigenvalue weighted by Crippen LogP contribution is -2.30. The Hall–Kier alpha value is -4.85. The monoisotopic (exact) mass is 505 g/mol. The van der Waals surface area contributed by atoms with Gasteiger partial charge in [0.2, 0.25) is 5.95 Å². The van der Waals surface area contributed by atoms with E-state index in [1.165, 1.54) is 4.90 Å². The topological polar surface area (TPSA) is 105 Å². The first-order valence-corrected chi connectivity index (χ1v) is 12.4. The molecule has 3 N–H and O–H groups in total. The van der Waals surface area contributed by atoms with E-state index in [2.05, 4.69) is 15.0 Å². The average molecular weight is 506 g/mol. The number of Topliss-reactive ketones (excluding diaryl/α,β-unsaturated/α-hetero) is 1. The number of nitrogens with zero attached hydrogens (tertiary/aromatic N) is 3. The van der Waals surface area contributed by atoms with Crippen LogP contribution in [0.2, 0.25) is 0 Å². The van der Waals surface area contributed by atoms with E-state index >= 15 is 0 Å². The maximum absolute atomic E-state index is 13.6. The fourth-order valence-electron chi connectivity index (χ4n) is 5.10. The van der Waals surface area contributed by atoms with E-state index in [1.54, 1.807) is 6.20 Å². The molecule has 1 unspecified atom stereocenters. The number of benzene rings is 3. The Balaban J connectivity index is 1.58. The third-order valence-electron chi connectivity index (χ3n) is 7.33. The van der Waals surface area contributed by atoms with Gasteiger partial charge in [0, 0.05) is 42.4 Å². The van der Waals surface area contributed by atoms with Gasteiger partial charge in [0.25, 0.3) is 5.78 Å². The van der Waals surface area contributed by atoms with E-state index in [-0.39, 0.29) is 17.3 Å². The van der Waals surface area contributed by atoms with Gasteiger partial charge in [-0.05, 0) is 60.9 Å². The third-order valence-corrected chi connectivity index (χ3v) is 7.33. The number of carbonyl (C=O) groups excluding carboxylic acids is 2. The maximum atomic E-state index is 13.6. The molecule has 0 bridgehead atoms. The van der Waals surface area contributed by atoms with Crippen molar-refractivity contribution in [3.05, 3.63) is 94.7 Å². The molecule has 38 heavy (non-hydrogen) atoms. The normalized spacial score (nSPS) is 17.2. The predicted octanol–water partition coefficient (Wildman–Crippen LogP) is 5.35. The summed E-state index contributed by atoms with van der Waals surface area (Å²) in [6.07, 6.45) is 1.66. The van der Waals surface area contributed by atoms with Crippen molar-refractivity contribution in [1.82, 2.24) is 15.0 Å². The van der Waals surface area contributed by atoms with Crippen LogP contribution in [0.5, 0.6) is 0 Å². The molecule has 8 nitrogen and oxygen atoms in total. The minimum Gasteiger partial charge on any atom is -0.507 e. The molecule has 8 heteroatoms. The third kappa shape index (κ3) is 3.56. The smallest absolute Gasteiger partial charge is 0.302 e. The lowest BCUT2D eigenvalue weighted by Gasteiger charge is -2.23. The minimum atomic E-state index is -0.873. The summed E-state index contributed by atoms with van der Waals surface area (Å²) in [5, 5.41) is 12.3. The number of hydrogen-bond donors (Lipinski definition) is 3. The lowest BCUT2D eigenvalue weighted by atomic mass is 9.95. The van der Waals surface area contributed by atoms with Crippen molar-refractivity contribution in [2.75, 3.05) is 23.9 Å². The number of aryl methyl sites for hydroxylation is 2. The van der Waals surface area contributed by atoms with Crippen LogP contribution in [0.3, 0.4) is 0 Å². The highest BCUT2D eigenvalue weighted by Crippen LogP contribution is 2.43. The second-order valence-electron chi connectivity index (χ2n) is 9.92. The van der Waals surface area contributed by atoms with Gasteiger partial charge in [-0.2, -0.15) is 0 Å². The summed E-state index contributed by atoms with van der Waals surface area (Å²) in [5.41, 5.74) is 6.58. The molecule has 3 aromatic carbocycles. The highest BCUT2D eigenvalue weighted by atomic mass is 16.3. The summed E-state index contributed by atoms with van der Waals surface area (Å²) in [6, 6.07) is 18.2. The Morgan fingerprint density at radius 1 is 0.974 bits per heavy atom. The van der Waals surface area contributed by atoms with Gasteiger partial charge in [0.05, 0.1) is 22.6 Å². The number of H-pyrrole nitrogens is 2.